The number of nitrogens with zero attached hydrogens (tertiary/aromatic N) is 4. The second-order valence-electron chi connectivity index (χ2n) is 18.8. The lowest BCUT2D eigenvalue weighted by atomic mass is 9.87. The van der Waals surface area contributed by atoms with Crippen LogP contribution in [0.25, 0.3) is 71.6 Å². The summed E-state index contributed by atoms with van der Waals surface area (Å²) in [6.45, 7) is 13.6. The normalized spacial score (nSPS) is 12.4. The maximum Gasteiger partial charge on any atom is 0.0548 e. The Kier molecular flexibility index (Phi) is 8.59. The van der Waals surface area contributed by atoms with Crippen LogP contribution in [-0.2, 0) is 10.8 Å². The minimum atomic E-state index is 0.0505. The van der Waals surface area contributed by atoms with Crippen molar-refractivity contribution in [3.05, 3.63) is 205 Å². The summed E-state index contributed by atoms with van der Waals surface area (Å²) in [5.74, 6) is 0. The van der Waals surface area contributed by atoms with E-state index in [4.69, 9.17) is 0 Å². The van der Waals surface area contributed by atoms with E-state index in [2.05, 4.69) is 254 Å². The van der Waals surface area contributed by atoms with Crippen molar-refractivity contribution in [3.63, 3.8) is 0 Å². The Bertz CT molecular complexity index is 3440. The van der Waals surface area contributed by atoms with Gasteiger partial charge in [0, 0.05) is 67.3 Å². The van der Waals surface area contributed by atoms with Crippen LogP contribution in [0.4, 0.5) is 17.1 Å². The Hall–Kier alpha value is -7.30. The Balaban J connectivity index is 1.05. The van der Waals surface area contributed by atoms with Gasteiger partial charge in [0.25, 0.3) is 0 Å². The third-order valence-electron chi connectivity index (χ3n) is 12.8. The number of hydrogen-bond acceptors (Lipinski definition) is 1. The zero-order valence-electron chi connectivity index (χ0n) is 36.3. The van der Waals surface area contributed by atoms with E-state index in [-0.39, 0.29) is 10.8 Å². The molecular weight excluding hydrogens is 753 g/mol. The Morgan fingerprint density at radius 2 is 0.806 bits per heavy atom. The topological polar surface area (TPSA) is 18.0 Å². The summed E-state index contributed by atoms with van der Waals surface area (Å²) in [6.07, 6.45) is 2.18. The molecule has 3 aromatic heterocycles. The number of benzene rings is 8. The quantitative estimate of drug-likeness (QED) is 0.164. The van der Waals surface area contributed by atoms with Gasteiger partial charge in [0.15, 0.2) is 0 Å². The highest BCUT2D eigenvalue weighted by Crippen LogP contribution is 2.42. The van der Waals surface area contributed by atoms with Gasteiger partial charge >= 0.3 is 0 Å². The van der Waals surface area contributed by atoms with Crippen LogP contribution in [0.3, 0.4) is 0 Å². The molecular formula is C58H50N4. The zero-order chi connectivity index (χ0) is 42.3. The van der Waals surface area contributed by atoms with Gasteiger partial charge in [0.1, 0.15) is 0 Å². The maximum atomic E-state index is 2.42. The maximum absolute atomic E-state index is 2.42. The van der Waals surface area contributed by atoms with E-state index in [0.717, 1.165) is 28.4 Å². The summed E-state index contributed by atoms with van der Waals surface area (Å²) in [7, 11) is 0. The molecule has 0 fully saturated rings. The summed E-state index contributed by atoms with van der Waals surface area (Å²) in [5, 5.41) is 6.16. The molecule has 302 valence electrons. The zero-order valence-corrected chi connectivity index (χ0v) is 36.3. The first-order valence-electron chi connectivity index (χ1n) is 21.8. The Labute approximate surface area is 363 Å². The number of fused-ring (bicyclic) bond motifs is 7. The predicted octanol–water partition coefficient (Wildman–Crippen LogP) is 15.9. The molecule has 0 aliphatic rings. The van der Waals surface area contributed by atoms with E-state index < -0.39 is 0 Å². The highest BCUT2D eigenvalue weighted by atomic mass is 15.1. The molecule has 0 bridgehead atoms. The van der Waals surface area contributed by atoms with Crippen molar-refractivity contribution >= 4 is 71.6 Å². The number of rotatable bonds is 6. The summed E-state index contributed by atoms with van der Waals surface area (Å²) in [4.78, 5) is 2.40. The average Bonchev–Trinajstić information content (AvgIpc) is 3.95. The van der Waals surface area contributed by atoms with Crippen LogP contribution in [0.1, 0.15) is 52.7 Å². The molecule has 0 radical (unpaired) electrons. The molecule has 0 atom stereocenters. The van der Waals surface area contributed by atoms with Gasteiger partial charge in [-0.15, -0.1) is 0 Å². The Morgan fingerprint density at radius 3 is 1.40 bits per heavy atom. The smallest absolute Gasteiger partial charge is 0.0548 e. The molecule has 11 rings (SSSR count). The lowest BCUT2D eigenvalue weighted by Crippen LogP contribution is -2.13. The van der Waals surface area contributed by atoms with Crippen molar-refractivity contribution in [2.45, 2.75) is 52.4 Å². The fraction of sp³-hybridized carbons (Fsp3) is 0.138. The minimum absolute atomic E-state index is 0.0505. The van der Waals surface area contributed by atoms with E-state index in [1.807, 2.05) is 0 Å². The monoisotopic (exact) mass is 802 g/mol. The molecule has 62 heavy (non-hydrogen) atoms. The molecule has 0 aliphatic heterocycles. The fourth-order valence-corrected chi connectivity index (χ4v) is 9.49. The summed E-state index contributed by atoms with van der Waals surface area (Å²) >= 11 is 0. The van der Waals surface area contributed by atoms with Gasteiger partial charge in [-0.05, 0) is 131 Å². The highest BCUT2D eigenvalue weighted by Gasteiger charge is 2.21. The SMILES string of the molecule is CC(C)(C)c1ccc(N(c2ccc(-n3c4ccccc4c4cc5c(ccn5-c5ccccc5)cc43)cc2)c2ccc3c(c2)c2ccccc2n3-c2ccc(C(C)(C)C)cc2)cc1. The lowest BCUT2D eigenvalue weighted by molar-refractivity contribution is 0.590. The standard InChI is InChI=1S/C58H50N4/c1-57(2,3)40-20-24-43(25-21-40)60(47-32-33-54-50(37-47)48-16-10-12-18-52(48)61(54)45-26-22-41(23-27-45)58(4,5)6)44-28-30-46(31-29-44)62-53-19-13-11-17-49(53)51-38-55-39(36-56(51)62)34-35-59(55)42-14-8-7-9-15-42/h7-38H,1-6H3. The minimum Gasteiger partial charge on any atom is -0.317 e. The summed E-state index contributed by atoms with van der Waals surface area (Å²) < 4.78 is 7.12. The van der Waals surface area contributed by atoms with E-state index in [1.165, 1.54) is 71.3 Å². The van der Waals surface area contributed by atoms with Crippen LogP contribution >= 0.6 is 0 Å². The molecule has 0 saturated carbocycles. The van der Waals surface area contributed by atoms with Crippen LogP contribution in [0.5, 0.6) is 0 Å². The second-order valence-corrected chi connectivity index (χ2v) is 18.8. The largest absolute Gasteiger partial charge is 0.317 e. The molecule has 0 N–H and O–H groups in total. The molecule has 0 unspecified atom stereocenters. The van der Waals surface area contributed by atoms with Gasteiger partial charge in [-0.3, -0.25) is 0 Å². The third kappa shape index (κ3) is 6.20. The Morgan fingerprint density at radius 1 is 0.339 bits per heavy atom. The first kappa shape index (κ1) is 37.7. The molecule has 4 nitrogen and oxygen atoms in total. The third-order valence-corrected chi connectivity index (χ3v) is 12.8. The first-order chi connectivity index (χ1) is 30.0. The van der Waals surface area contributed by atoms with Gasteiger partial charge in [0.2, 0.25) is 0 Å². The lowest BCUT2D eigenvalue weighted by Gasteiger charge is -2.27. The average molecular weight is 803 g/mol. The second kappa shape index (κ2) is 14.1. The number of anilines is 3. The molecule has 3 heterocycles. The predicted molar refractivity (Wildman–Crippen MR) is 264 cm³/mol. The fourth-order valence-electron chi connectivity index (χ4n) is 9.49. The van der Waals surface area contributed by atoms with Crippen LogP contribution in [0, 0.1) is 0 Å². The van der Waals surface area contributed by atoms with Gasteiger partial charge in [-0.25, -0.2) is 0 Å². The van der Waals surface area contributed by atoms with Crippen molar-refractivity contribution in [1.82, 2.24) is 13.7 Å². The van der Waals surface area contributed by atoms with Crippen LogP contribution in [-0.4, -0.2) is 13.7 Å². The van der Waals surface area contributed by atoms with E-state index in [1.54, 1.807) is 0 Å². The molecule has 4 heteroatoms. The van der Waals surface area contributed by atoms with Gasteiger partial charge in [-0.1, -0.05) is 120 Å². The van der Waals surface area contributed by atoms with Crippen molar-refractivity contribution in [1.29, 1.82) is 0 Å². The van der Waals surface area contributed by atoms with Gasteiger partial charge < -0.3 is 18.6 Å². The van der Waals surface area contributed by atoms with Crippen molar-refractivity contribution in [2.24, 2.45) is 0 Å². The molecule has 11 aromatic rings. The molecule has 8 aromatic carbocycles. The van der Waals surface area contributed by atoms with Crippen molar-refractivity contribution < 1.29 is 0 Å². The first-order valence-corrected chi connectivity index (χ1v) is 21.8. The molecule has 0 aliphatic carbocycles. The van der Waals surface area contributed by atoms with Crippen molar-refractivity contribution in [3.8, 4) is 17.1 Å². The van der Waals surface area contributed by atoms with E-state index >= 15 is 0 Å². The van der Waals surface area contributed by atoms with Crippen LogP contribution in [0.2, 0.25) is 0 Å². The van der Waals surface area contributed by atoms with E-state index in [9.17, 15) is 0 Å². The van der Waals surface area contributed by atoms with E-state index in [0.29, 0.717) is 0 Å². The number of hydrogen-bond donors (Lipinski definition) is 0. The summed E-state index contributed by atoms with van der Waals surface area (Å²) in [5.41, 5.74) is 15.6. The van der Waals surface area contributed by atoms with Gasteiger partial charge in [-0.2, -0.15) is 0 Å². The molecule has 0 amide bonds. The molecule has 0 spiro atoms. The molecule has 0 saturated heterocycles. The van der Waals surface area contributed by atoms with Crippen LogP contribution < -0.4 is 4.90 Å². The highest BCUT2D eigenvalue weighted by molar-refractivity contribution is 6.14. The van der Waals surface area contributed by atoms with Gasteiger partial charge in [0.05, 0.1) is 27.6 Å². The number of para-hydroxylation sites is 3. The summed E-state index contributed by atoms with van der Waals surface area (Å²) in [6, 6.07) is 69.4. The van der Waals surface area contributed by atoms with Crippen LogP contribution in [0.15, 0.2) is 194 Å². The number of aromatic nitrogens is 3. The van der Waals surface area contributed by atoms with Crippen molar-refractivity contribution in [2.75, 3.05) is 4.90 Å².